The smallest absolute Gasteiger partial charge is 0.387 e. The lowest BCUT2D eigenvalue weighted by Crippen LogP contribution is -2.53. The number of alkyl halides is 2. The summed E-state index contributed by atoms with van der Waals surface area (Å²) in [5.74, 6) is -1.57. The normalized spacial score (nSPS) is 15.5. The van der Waals surface area contributed by atoms with Gasteiger partial charge in [-0.3, -0.25) is 14.5 Å². The molecule has 0 radical (unpaired) electrons. The molecule has 1 fully saturated rings. The number of carbonyl (C=O) groups is 3. The molecule has 2 aromatic carbocycles. The predicted molar refractivity (Wildman–Crippen MR) is 130 cm³/mol. The Morgan fingerprint density at radius 1 is 0.973 bits per heavy atom. The second-order valence-electron chi connectivity index (χ2n) is 8.56. The largest absolute Gasteiger partial charge is 0.459 e. The van der Waals surface area contributed by atoms with E-state index in [1.54, 1.807) is 12.1 Å². The van der Waals surface area contributed by atoms with Crippen molar-refractivity contribution in [3.63, 3.8) is 0 Å². The summed E-state index contributed by atoms with van der Waals surface area (Å²) in [6.45, 7) is 1.07. The molecule has 37 heavy (non-hydrogen) atoms. The number of carbonyl (C=O) groups excluding carboxylic acids is 3. The lowest BCUT2D eigenvalue weighted by atomic mass is 10.1. The summed E-state index contributed by atoms with van der Waals surface area (Å²) in [5, 5.41) is 5.29. The third-order valence-corrected chi connectivity index (χ3v) is 5.65. The lowest BCUT2D eigenvalue weighted by molar-refractivity contribution is -0.149. The van der Waals surface area contributed by atoms with Crippen molar-refractivity contribution >= 4 is 17.8 Å². The number of nitrogens with zero attached hydrogens (tertiary/aromatic N) is 1. The first kappa shape index (κ1) is 28.0. The minimum absolute atomic E-state index is 0.0129. The topological polar surface area (TPSA) is 106 Å². The molecule has 0 unspecified atom stereocenters. The van der Waals surface area contributed by atoms with Gasteiger partial charge in [-0.2, -0.15) is 8.78 Å². The van der Waals surface area contributed by atoms with Crippen molar-refractivity contribution in [1.29, 1.82) is 0 Å². The van der Waals surface area contributed by atoms with Gasteiger partial charge in [-0.05, 0) is 30.2 Å². The second kappa shape index (κ2) is 14.2. The number of esters is 1. The molecule has 9 nitrogen and oxygen atoms in total. The van der Waals surface area contributed by atoms with Crippen molar-refractivity contribution in [3.05, 3.63) is 65.7 Å². The first-order valence-electron chi connectivity index (χ1n) is 11.9. The Morgan fingerprint density at radius 2 is 1.65 bits per heavy atom. The fourth-order valence-electron chi connectivity index (χ4n) is 3.68. The molecule has 1 heterocycles. The van der Waals surface area contributed by atoms with Crippen LogP contribution in [0, 0.1) is 0 Å². The third-order valence-electron chi connectivity index (χ3n) is 5.65. The molecule has 2 aromatic rings. The van der Waals surface area contributed by atoms with E-state index >= 15 is 0 Å². The fraction of sp³-hybridized carbons (Fsp3) is 0.423. The number of halogens is 2. The molecular weight excluding hydrogens is 488 g/mol. The van der Waals surface area contributed by atoms with Crippen LogP contribution in [0.1, 0.15) is 18.1 Å². The summed E-state index contributed by atoms with van der Waals surface area (Å²) >= 11 is 0. The number of ether oxygens (including phenoxy) is 3. The highest BCUT2D eigenvalue weighted by Crippen LogP contribution is 2.16. The predicted octanol–water partition coefficient (Wildman–Crippen LogP) is 1.90. The van der Waals surface area contributed by atoms with E-state index in [1.165, 1.54) is 31.2 Å². The van der Waals surface area contributed by atoms with Crippen LogP contribution in [0.3, 0.4) is 0 Å². The van der Waals surface area contributed by atoms with Gasteiger partial charge in [-0.25, -0.2) is 4.79 Å². The molecule has 3 rings (SSSR count). The number of hydrogen-bond donors (Lipinski definition) is 2. The Labute approximate surface area is 214 Å². The van der Waals surface area contributed by atoms with Crippen molar-refractivity contribution in [3.8, 4) is 5.75 Å². The maximum atomic E-state index is 12.9. The van der Waals surface area contributed by atoms with E-state index < -0.39 is 30.6 Å². The average molecular weight is 520 g/mol. The van der Waals surface area contributed by atoms with Crippen LogP contribution >= 0.6 is 0 Å². The fourth-order valence-corrected chi connectivity index (χ4v) is 3.68. The highest BCUT2D eigenvalue weighted by molar-refractivity contribution is 5.91. The monoisotopic (exact) mass is 519 g/mol. The first-order valence-corrected chi connectivity index (χ1v) is 11.9. The molecule has 2 atom stereocenters. The van der Waals surface area contributed by atoms with Crippen molar-refractivity contribution in [2.75, 3.05) is 32.8 Å². The summed E-state index contributed by atoms with van der Waals surface area (Å²) in [6.07, 6.45) is 0.0444. The molecule has 11 heteroatoms. The Kier molecular flexibility index (Phi) is 10.8. The van der Waals surface area contributed by atoms with E-state index in [0.717, 1.165) is 5.56 Å². The molecular formula is C26H31F2N3O6. The van der Waals surface area contributed by atoms with E-state index in [9.17, 15) is 23.2 Å². The second-order valence-corrected chi connectivity index (χ2v) is 8.56. The van der Waals surface area contributed by atoms with Crippen LogP contribution in [-0.2, 0) is 36.9 Å². The molecule has 0 bridgehead atoms. The van der Waals surface area contributed by atoms with Gasteiger partial charge in [0.15, 0.2) is 0 Å². The molecule has 1 aliphatic heterocycles. The van der Waals surface area contributed by atoms with Gasteiger partial charge in [0, 0.05) is 19.5 Å². The molecule has 0 spiro atoms. The van der Waals surface area contributed by atoms with Crippen LogP contribution in [0.25, 0.3) is 0 Å². The molecule has 2 amide bonds. The number of rotatable bonds is 12. The van der Waals surface area contributed by atoms with Crippen molar-refractivity contribution in [1.82, 2.24) is 15.5 Å². The average Bonchev–Trinajstić information content (AvgIpc) is 2.88. The quantitative estimate of drug-likeness (QED) is 0.413. The van der Waals surface area contributed by atoms with E-state index in [0.29, 0.717) is 31.9 Å². The summed E-state index contributed by atoms with van der Waals surface area (Å²) < 4.78 is 39.9. The summed E-state index contributed by atoms with van der Waals surface area (Å²) in [4.78, 5) is 40.1. The highest BCUT2D eigenvalue weighted by atomic mass is 19.3. The summed E-state index contributed by atoms with van der Waals surface area (Å²) in [7, 11) is 0. The maximum Gasteiger partial charge on any atom is 0.387 e. The van der Waals surface area contributed by atoms with Gasteiger partial charge in [0.2, 0.25) is 11.8 Å². The number of amides is 2. The maximum absolute atomic E-state index is 12.9. The van der Waals surface area contributed by atoms with Gasteiger partial charge in [-0.15, -0.1) is 0 Å². The number of benzene rings is 2. The Bertz CT molecular complexity index is 1020. The Balaban J connectivity index is 1.61. The van der Waals surface area contributed by atoms with Crippen LogP contribution in [0.5, 0.6) is 5.75 Å². The molecule has 0 aromatic heterocycles. The standard InChI is InChI=1S/C26H31F2N3O6/c1-18(29-23(32)16-31-11-13-35-14-12-31)24(33)30-22(25(34)36-17-20-5-3-2-4-6-20)15-19-7-9-21(10-8-19)37-26(27)28/h2-10,18,22,26H,11-17H2,1H3,(H,29,32)(H,30,33)/t18-,22-/m0/s1. The van der Waals surface area contributed by atoms with E-state index in [2.05, 4.69) is 15.4 Å². The number of hydrogen-bond acceptors (Lipinski definition) is 7. The van der Waals surface area contributed by atoms with Gasteiger partial charge < -0.3 is 24.8 Å². The zero-order valence-electron chi connectivity index (χ0n) is 20.5. The van der Waals surface area contributed by atoms with Gasteiger partial charge in [0.1, 0.15) is 24.4 Å². The Morgan fingerprint density at radius 3 is 2.30 bits per heavy atom. The van der Waals surface area contributed by atoms with Crippen molar-refractivity contribution in [2.24, 2.45) is 0 Å². The highest BCUT2D eigenvalue weighted by Gasteiger charge is 2.26. The number of nitrogens with one attached hydrogen (secondary N) is 2. The molecule has 0 saturated carbocycles. The van der Waals surface area contributed by atoms with Crippen LogP contribution in [0.4, 0.5) is 8.78 Å². The van der Waals surface area contributed by atoms with Gasteiger partial charge in [0.05, 0.1) is 19.8 Å². The van der Waals surface area contributed by atoms with Crippen LogP contribution in [0.15, 0.2) is 54.6 Å². The molecule has 1 aliphatic rings. The lowest BCUT2D eigenvalue weighted by Gasteiger charge is -2.26. The zero-order chi connectivity index (χ0) is 26.6. The third kappa shape index (κ3) is 9.77. The molecule has 200 valence electrons. The summed E-state index contributed by atoms with van der Waals surface area (Å²) in [6, 6.07) is 12.8. The van der Waals surface area contributed by atoms with Crippen LogP contribution in [-0.4, -0.2) is 74.2 Å². The number of morpholine rings is 1. The summed E-state index contributed by atoms with van der Waals surface area (Å²) in [5.41, 5.74) is 1.37. The van der Waals surface area contributed by atoms with Crippen LogP contribution in [0.2, 0.25) is 0 Å². The van der Waals surface area contributed by atoms with E-state index in [1.807, 2.05) is 23.1 Å². The van der Waals surface area contributed by atoms with E-state index in [-0.39, 0.29) is 31.2 Å². The van der Waals surface area contributed by atoms with Crippen molar-refractivity contribution < 1.29 is 37.4 Å². The Hall–Kier alpha value is -3.57. The zero-order valence-corrected chi connectivity index (χ0v) is 20.5. The SMILES string of the molecule is C[C@H](NC(=O)CN1CCOCC1)C(=O)N[C@@H](Cc1ccc(OC(F)F)cc1)C(=O)OCc1ccccc1. The molecule has 0 aliphatic carbocycles. The van der Waals surface area contributed by atoms with Gasteiger partial charge in [-0.1, -0.05) is 42.5 Å². The van der Waals surface area contributed by atoms with Crippen molar-refractivity contribution in [2.45, 2.75) is 38.6 Å². The minimum atomic E-state index is -2.95. The molecule has 1 saturated heterocycles. The first-order chi connectivity index (χ1) is 17.8. The molecule has 2 N–H and O–H groups in total. The van der Waals surface area contributed by atoms with Gasteiger partial charge in [0.25, 0.3) is 0 Å². The minimum Gasteiger partial charge on any atom is -0.459 e. The van der Waals surface area contributed by atoms with Gasteiger partial charge >= 0.3 is 12.6 Å². The van der Waals surface area contributed by atoms with E-state index in [4.69, 9.17) is 9.47 Å². The van der Waals surface area contributed by atoms with Crippen LogP contribution < -0.4 is 15.4 Å².